The van der Waals surface area contributed by atoms with Gasteiger partial charge in [0.25, 0.3) is 5.91 Å². The first kappa shape index (κ1) is 14.8. The highest BCUT2D eigenvalue weighted by Crippen LogP contribution is 2.31. The molecule has 0 aliphatic heterocycles. The van der Waals surface area contributed by atoms with Crippen molar-refractivity contribution in [1.29, 1.82) is 0 Å². The molecule has 0 unspecified atom stereocenters. The molecule has 1 amide bonds. The van der Waals surface area contributed by atoms with E-state index in [1.807, 2.05) is 6.07 Å². The van der Waals surface area contributed by atoms with Gasteiger partial charge < -0.3 is 10.4 Å². The summed E-state index contributed by atoms with van der Waals surface area (Å²) >= 11 is 6.05. The van der Waals surface area contributed by atoms with Crippen LogP contribution in [0.4, 0.5) is 0 Å². The van der Waals surface area contributed by atoms with Crippen LogP contribution in [-0.2, 0) is 17.6 Å². The molecule has 22 heavy (non-hydrogen) atoms. The van der Waals surface area contributed by atoms with Crippen molar-refractivity contribution in [3.8, 4) is 0 Å². The summed E-state index contributed by atoms with van der Waals surface area (Å²) in [6.45, 7) is 0.104. The number of carboxylic acid groups (broad SMARTS) is 1. The highest BCUT2D eigenvalue weighted by molar-refractivity contribution is 6.31. The van der Waals surface area contributed by atoms with Gasteiger partial charge in [-0.1, -0.05) is 11.6 Å². The number of carbonyl (C=O) groups excluding carboxylic acids is 1. The van der Waals surface area contributed by atoms with Gasteiger partial charge in [0.15, 0.2) is 0 Å². The fourth-order valence-corrected chi connectivity index (χ4v) is 3.04. The average molecular weight is 319 g/mol. The molecule has 1 aromatic heterocycles. The van der Waals surface area contributed by atoms with E-state index >= 15 is 0 Å². The molecule has 1 aliphatic carbocycles. The smallest absolute Gasteiger partial charge is 0.305 e. The average Bonchev–Trinajstić information content (AvgIpc) is 2.91. The third-order valence-electron chi connectivity index (χ3n) is 3.83. The summed E-state index contributed by atoms with van der Waals surface area (Å²) in [5, 5.41) is 12.6. The first-order valence-electron chi connectivity index (χ1n) is 7.17. The first-order chi connectivity index (χ1) is 10.6. The molecule has 114 valence electrons. The van der Waals surface area contributed by atoms with E-state index in [1.54, 1.807) is 12.1 Å². The number of carboxylic acids is 1. The van der Waals surface area contributed by atoms with Crippen molar-refractivity contribution in [2.75, 3.05) is 6.54 Å². The second kappa shape index (κ2) is 5.93. The van der Waals surface area contributed by atoms with Crippen LogP contribution in [0.2, 0.25) is 5.02 Å². The Hall–Kier alpha value is -2.14. The Kier molecular flexibility index (Phi) is 3.98. The maximum Gasteiger partial charge on any atom is 0.305 e. The summed E-state index contributed by atoms with van der Waals surface area (Å²) in [5.74, 6) is -1.19. The van der Waals surface area contributed by atoms with Crippen molar-refractivity contribution in [3.05, 3.63) is 40.0 Å². The molecule has 1 heterocycles. The van der Waals surface area contributed by atoms with Gasteiger partial charge in [0.2, 0.25) is 0 Å². The number of aliphatic carboxylic acids is 1. The largest absolute Gasteiger partial charge is 0.481 e. The molecule has 0 saturated carbocycles. The summed E-state index contributed by atoms with van der Waals surface area (Å²) in [5.41, 5.74) is 3.25. The minimum Gasteiger partial charge on any atom is -0.481 e. The summed E-state index contributed by atoms with van der Waals surface area (Å²) in [7, 11) is 0. The van der Waals surface area contributed by atoms with E-state index in [9.17, 15) is 9.59 Å². The first-order valence-corrected chi connectivity index (χ1v) is 7.55. The number of aromatic nitrogens is 1. The van der Waals surface area contributed by atoms with Crippen molar-refractivity contribution in [2.24, 2.45) is 0 Å². The zero-order chi connectivity index (χ0) is 15.7. The number of benzene rings is 1. The van der Waals surface area contributed by atoms with Crippen molar-refractivity contribution < 1.29 is 14.7 Å². The number of nitrogens with zero attached hydrogens (tertiary/aromatic N) is 1. The number of hydrogen-bond donors (Lipinski definition) is 2. The molecule has 0 bridgehead atoms. The van der Waals surface area contributed by atoms with Gasteiger partial charge in [0.1, 0.15) is 0 Å². The molecule has 0 radical (unpaired) electrons. The number of amides is 1. The van der Waals surface area contributed by atoms with Crippen LogP contribution in [0.3, 0.4) is 0 Å². The molecule has 0 spiro atoms. The molecule has 0 fully saturated rings. The Labute approximate surface area is 132 Å². The van der Waals surface area contributed by atoms with Crippen LogP contribution in [0.15, 0.2) is 18.2 Å². The second-order valence-electron chi connectivity index (χ2n) is 5.33. The van der Waals surface area contributed by atoms with Crippen LogP contribution in [0.25, 0.3) is 10.9 Å². The number of rotatable bonds is 4. The van der Waals surface area contributed by atoms with E-state index in [4.69, 9.17) is 16.7 Å². The SMILES string of the molecule is O=C(O)CCNC(=O)c1c2c(nc3ccc(Cl)cc13)CCC2. The van der Waals surface area contributed by atoms with Gasteiger partial charge in [-0.3, -0.25) is 14.6 Å². The zero-order valence-electron chi connectivity index (χ0n) is 11.9. The fourth-order valence-electron chi connectivity index (χ4n) is 2.87. The number of pyridine rings is 1. The molecule has 0 saturated heterocycles. The van der Waals surface area contributed by atoms with Gasteiger partial charge in [-0.2, -0.15) is 0 Å². The number of carbonyl (C=O) groups is 2. The van der Waals surface area contributed by atoms with Crippen LogP contribution >= 0.6 is 11.6 Å². The lowest BCUT2D eigenvalue weighted by molar-refractivity contribution is -0.136. The van der Waals surface area contributed by atoms with Crippen LogP contribution in [0.1, 0.15) is 34.5 Å². The van der Waals surface area contributed by atoms with Crippen LogP contribution < -0.4 is 5.32 Å². The van der Waals surface area contributed by atoms with E-state index in [-0.39, 0.29) is 18.9 Å². The molecule has 6 heteroatoms. The van der Waals surface area contributed by atoms with Gasteiger partial charge in [-0.15, -0.1) is 0 Å². The van der Waals surface area contributed by atoms with Crippen LogP contribution in [0, 0.1) is 0 Å². The number of fused-ring (bicyclic) bond motifs is 2. The highest BCUT2D eigenvalue weighted by Gasteiger charge is 2.23. The van der Waals surface area contributed by atoms with Crippen molar-refractivity contribution >= 4 is 34.4 Å². The molecule has 2 aromatic rings. The Morgan fingerprint density at radius 1 is 1.32 bits per heavy atom. The molecule has 3 rings (SSSR count). The normalized spacial score (nSPS) is 13.1. The van der Waals surface area contributed by atoms with Crippen LogP contribution in [0.5, 0.6) is 0 Å². The lowest BCUT2D eigenvalue weighted by atomic mass is 10.0. The predicted octanol–water partition coefficient (Wildman–Crippen LogP) is 2.58. The van der Waals surface area contributed by atoms with E-state index < -0.39 is 5.97 Å². The number of aryl methyl sites for hydroxylation is 1. The quantitative estimate of drug-likeness (QED) is 0.908. The lowest BCUT2D eigenvalue weighted by Crippen LogP contribution is -2.27. The van der Waals surface area contributed by atoms with E-state index in [0.717, 1.165) is 41.4 Å². The van der Waals surface area contributed by atoms with E-state index in [2.05, 4.69) is 10.3 Å². The number of hydrogen-bond acceptors (Lipinski definition) is 3. The van der Waals surface area contributed by atoms with Gasteiger partial charge in [-0.05, 0) is 43.0 Å². The predicted molar refractivity (Wildman–Crippen MR) is 83.4 cm³/mol. The summed E-state index contributed by atoms with van der Waals surface area (Å²) in [6, 6.07) is 5.31. The standard InChI is InChI=1S/C16H15ClN2O3/c17-9-4-5-13-11(8-9)15(10-2-1-3-12(10)19-13)16(22)18-7-6-14(20)21/h4-5,8H,1-3,6-7H2,(H,18,22)(H,20,21). The minimum atomic E-state index is -0.937. The summed E-state index contributed by atoms with van der Waals surface area (Å²) < 4.78 is 0. The molecule has 0 atom stereocenters. The molecule has 1 aliphatic rings. The Bertz CT molecular complexity index is 774. The Morgan fingerprint density at radius 3 is 2.91 bits per heavy atom. The fraction of sp³-hybridized carbons (Fsp3) is 0.312. The highest BCUT2D eigenvalue weighted by atomic mass is 35.5. The monoisotopic (exact) mass is 318 g/mol. The zero-order valence-corrected chi connectivity index (χ0v) is 12.6. The van der Waals surface area contributed by atoms with E-state index in [1.165, 1.54) is 0 Å². The number of halogens is 1. The summed E-state index contributed by atoms with van der Waals surface area (Å²) in [4.78, 5) is 27.7. The van der Waals surface area contributed by atoms with Gasteiger partial charge >= 0.3 is 5.97 Å². The van der Waals surface area contributed by atoms with E-state index in [0.29, 0.717) is 10.6 Å². The maximum absolute atomic E-state index is 12.5. The molecule has 2 N–H and O–H groups in total. The Balaban J connectivity index is 2.04. The molecular weight excluding hydrogens is 304 g/mol. The van der Waals surface area contributed by atoms with Gasteiger partial charge in [0.05, 0.1) is 17.5 Å². The third kappa shape index (κ3) is 2.76. The van der Waals surface area contributed by atoms with Crippen molar-refractivity contribution in [2.45, 2.75) is 25.7 Å². The van der Waals surface area contributed by atoms with Crippen molar-refractivity contribution in [3.63, 3.8) is 0 Å². The molecule has 5 nitrogen and oxygen atoms in total. The third-order valence-corrected chi connectivity index (χ3v) is 4.06. The Morgan fingerprint density at radius 2 is 2.14 bits per heavy atom. The maximum atomic E-state index is 12.5. The second-order valence-corrected chi connectivity index (χ2v) is 5.76. The topological polar surface area (TPSA) is 79.3 Å². The number of nitrogens with one attached hydrogen (secondary N) is 1. The van der Waals surface area contributed by atoms with Crippen LogP contribution in [-0.4, -0.2) is 28.5 Å². The minimum absolute atomic E-state index is 0.0995. The summed E-state index contributed by atoms with van der Waals surface area (Å²) in [6.07, 6.45) is 2.55. The molecule has 1 aromatic carbocycles. The van der Waals surface area contributed by atoms with Crippen molar-refractivity contribution in [1.82, 2.24) is 10.3 Å². The van der Waals surface area contributed by atoms with Gasteiger partial charge in [-0.25, -0.2) is 0 Å². The molecular formula is C16H15ClN2O3. The van der Waals surface area contributed by atoms with Gasteiger partial charge in [0, 0.05) is 22.6 Å². The lowest BCUT2D eigenvalue weighted by Gasteiger charge is -2.12.